The first-order chi connectivity index (χ1) is 16.6. The molecule has 34 heavy (non-hydrogen) atoms. The lowest BCUT2D eigenvalue weighted by Gasteiger charge is -2.14. The Balaban J connectivity index is 1.08. The number of nitrogens with one attached hydrogen (secondary N) is 1. The van der Waals surface area contributed by atoms with E-state index in [1.807, 2.05) is 60.7 Å². The molecule has 2 N–H and O–H groups in total. The Hall–Kier alpha value is -3.86. The molecule has 0 unspecified atom stereocenters. The van der Waals surface area contributed by atoms with Crippen molar-refractivity contribution in [3.05, 3.63) is 101 Å². The van der Waals surface area contributed by atoms with Gasteiger partial charge < -0.3 is 15.2 Å². The molecule has 5 nitrogen and oxygen atoms in total. The third-order valence-corrected chi connectivity index (χ3v) is 6.86. The number of fused-ring (bicyclic) bond motifs is 3. The monoisotopic (exact) mass is 453 g/mol. The number of hydrogen-bond acceptors (Lipinski definition) is 3. The Morgan fingerprint density at radius 3 is 2.15 bits per heavy atom. The van der Waals surface area contributed by atoms with Crippen LogP contribution in [0.5, 0.6) is 0 Å². The van der Waals surface area contributed by atoms with Crippen molar-refractivity contribution in [1.29, 1.82) is 0 Å². The number of aliphatic carboxylic acids is 1. The van der Waals surface area contributed by atoms with Crippen molar-refractivity contribution < 1.29 is 19.4 Å². The molecule has 0 spiro atoms. The van der Waals surface area contributed by atoms with Crippen molar-refractivity contribution in [2.75, 3.05) is 13.2 Å². The van der Waals surface area contributed by atoms with E-state index in [4.69, 9.17) is 4.74 Å². The highest BCUT2D eigenvalue weighted by Gasteiger charge is 2.51. The lowest BCUT2D eigenvalue weighted by atomic mass is 9.95. The van der Waals surface area contributed by atoms with Crippen molar-refractivity contribution in [1.82, 2.24) is 5.32 Å². The van der Waals surface area contributed by atoms with E-state index in [0.717, 1.165) is 11.1 Å². The summed E-state index contributed by atoms with van der Waals surface area (Å²) in [5, 5.41) is 12.2. The van der Waals surface area contributed by atoms with Crippen molar-refractivity contribution in [2.24, 2.45) is 0 Å². The van der Waals surface area contributed by atoms with Gasteiger partial charge in [0.15, 0.2) is 0 Å². The van der Waals surface area contributed by atoms with Crippen LogP contribution in [0.4, 0.5) is 4.79 Å². The molecule has 0 saturated heterocycles. The number of rotatable bonds is 8. The smallest absolute Gasteiger partial charge is 0.407 e. The molecule has 5 rings (SSSR count). The van der Waals surface area contributed by atoms with Gasteiger partial charge in [-0.25, -0.2) is 4.79 Å². The molecule has 2 aliphatic carbocycles. The van der Waals surface area contributed by atoms with Gasteiger partial charge in [-0.05, 0) is 52.6 Å². The predicted molar refractivity (Wildman–Crippen MR) is 132 cm³/mol. The maximum absolute atomic E-state index is 12.2. The van der Waals surface area contributed by atoms with E-state index in [-0.39, 0.29) is 5.92 Å². The Kier molecular flexibility index (Phi) is 5.93. The van der Waals surface area contributed by atoms with E-state index in [1.54, 1.807) is 0 Å². The fourth-order valence-electron chi connectivity index (χ4n) is 4.79. The number of carbonyl (C=O) groups is 2. The predicted octanol–water partition coefficient (Wildman–Crippen LogP) is 5.74. The first kappa shape index (κ1) is 22.0. The molecule has 172 valence electrons. The lowest BCUT2D eigenvalue weighted by molar-refractivity contribution is -0.140. The van der Waals surface area contributed by atoms with E-state index >= 15 is 0 Å². The zero-order chi connectivity index (χ0) is 23.5. The number of alkyl carbamates (subject to hydrolysis) is 1. The summed E-state index contributed by atoms with van der Waals surface area (Å²) < 4.78 is 5.55. The van der Waals surface area contributed by atoms with Gasteiger partial charge in [0, 0.05) is 12.5 Å². The highest BCUT2D eigenvalue weighted by Crippen LogP contribution is 2.48. The number of carbonyl (C=O) groups excluding carboxylic acids is 1. The normalized spacial score (nSPS) is 15.5. The highest BCUT2D eigenvalue weighted by atomic mass is 16.5. The number of carboxylic acid groups (broad SMARTS) is 1. The van der Waals surface area contributed by atoms with Crippen molar-refractivity contribution in [3.63, 3.8) is 0 Å². The van der Waals surface area contributed by atoms with Crippen LogP contribution in [0.25, 0.3) is 17.2 Å². The lowest BCUT2D eigenvalue weighted by Crippen LogP contribution is -2.26. The van der Waals surface area contributed by atoms with E-state index in [1.165, 1.54) is 22.3 Å². The first-order valence-corrected chi connectivity index (χ1v) is 11.7. The third kappa shape index (κ3) is 4.21. The van der Waals surface area contributed by atoms with Crippen LogP contribution in [0.2, 0.25) is 0 Å². The van der Waals surface area contributed by atoms with Crippen molar-refractivity contribution in [2.45, 2.75) is 30.6 Å². The van der Waals surface area contributed by atoms with E-state index in [2.05, 4.69) is 29.6 Å². The Bertz CT molecular complexity index is 1200. The average molecular weight is 454 g/mol. The number of benzene rings is 3. The molecule has 0 radical (unpaired) electrons. The Morgan fingerprint density at radius 2 is 1.56 bits per heavy atom. The summed E-state index contributed by atoms with van der Waals surface area (Å²) >= 11 is 0. The molecule has 0 atom stereocenters. The van der Waals surface area contributed by atoms with Crippen LogP contribution in [-0.2, 0) is 14.9 Å². The molecule has 2 aliphatic rings. The van der Waals surface area contributed by atoms with Crippen LogP contribution in [0, 0.1) is 0 Å². The Labute approximate surface area is 199 Å². The number of ether oxygens (including phenoxy) is 1. The minimum atomic E-state index is -0.741. The molecule has 0 bridgehead atoms. The minimum Gasteiger partial charge on any atom is -0.481 e. The van der Waals surface area contributed by atoms with Gasteiger partial charge >= 0.3 is 12.1 Å². The highest BCUT2D eigenvalue weighted by molar-refractivity contribution is 5.85. The summed E-state index contributed by atoms with van der Waals surface area (Å²) in [5.41, 5.74) is 6.01. The summed E-state index contributed by atoms with van der Waals surface area (Å²) in [7, 11) is 0. The topological polar surface area (TPSA) is 75.6 Å². The van der Waals surface area contributed by atoms with Crippen LogP contribution < -0.4 is 5.32 Å². The second-order valence-corrected chi connectivity index (χ2v) is 8.95. The molecule has 1 fully saturated rings. The van der Waals surface area contributed by atoms with Crippen LogP contribution in [-0.4, -0.2) is 30.3 Å². The standard InChI is InChI=1S/C29H27NO4/c31-27(32)29(16-17-29)21-14-12-20(13-15-21)7-5-6-18-30-28(33)34-19-26-24-10-3-1-8-22(24)23-9-2-4-11-25(23)26/h1-5,7-15,26H,6,16-19H2,(H,30,33)(H,31,32). The molecule has 0 heterocycles. The quantitative estimate of drug-likeness (QED) is 0.426. The third-order valence-electron chi connectivity index (χ3n) is 6.86. The Morgan fingerprint density at radius 1 is 0.941 bits per heavy atom. The van der Waals surface area contributed by atoms with Crippen LogP contribution in [0.15, 0.2) is 78.9 Å². The number of carboxylic acids is 1. The summed E-state index contributed by atoms with van der Waals surface area (Å²) in [6.45, 7) is 0.785. The van der Waals surface area contributed by atoms with Gasteiger partial charge in [0.1, 0.15) is 6.61 Å². The van der Waals surface area contributed by atoms with Crippen LogP contribution >= 0.6 is 0 Å². The summed E-state index contributed by atoms with van der Waals surface area (Å²) in [6, 6.07) is 24.2. The minimum absolute atomic E-state index is 0.0527. The maximum atomic E-state index is 12.2. The van der Waals surface area contributed by atoms with Crippen molar-refractivity contribution >= 4 is 18.1 Å². The van der Waals surface area contributed by atoms with Gasteiger partial charge in [0.25, 0.3) is 0 Å². The van der Waals surface area contributed by atoms with Gasteiger partial charge in [-0.2, -0.15) is 0 Å². The molecule has 1 saturated carbocycles. The van der Waals surface area contributed by atoms with Crippen LogP contribution in [0.1, 0.15) is 47.4 Å². The SMILES string of the molecule is O=C(NCCC=Cc1ccc(C2(C(=O)O)CC2)cc1)OCC1c2ccccc2-c2ccccc21. The van der Waals surface area contributed by atoms with Gasteiger partial charge in [-0.15, -0.1) is 0 Å². The largest absolute Gasteiger partial charge is 0.481 e. The van der Waals surface area contributed by atoms with Gasteiger partial charge in [-0.1, -0.05) is 84.9 Å². The fraction of sp³-hybridized carbons (Fsp3) is 0.241. The molecular formula is C29H27NO4. The zero-order valence-corrected chi connectivity index (χ0v) is 18.9. The van der Waals surface area contributed by atoms with Gasteiger partial charge in [0.2, 0.25) is 0 Å². The first-order valence-electron chi connectivity index (χ1n) is 11.7. The number of hydrogen-bond donors (Lipinski definition) is 2. The van der Waals surface area contributed by atoms with E-state index in [9.17, 15) is 14.7 Å². The average Bonchev–Trinajstić information content (AvgIpc) is 3.62. The molecule has 1 amide bonds. The summed E-state index contributed by atoms with van der Waals surface area (Å²) in [5.74, 6) is -0.688. The van der Waals surface area contributed by atoms with E-state index in [0.29, 0.717) is 32.4 Å². The maximum Gasteiger partial charge on any atom is 0.407 e. The molecule has 5 heteroatoms. The molecule has 0 aliphatic heterocycles. The summed E-state index contributed by atoms with van der Waals surface area (Å²) in [4.78, 5) is 23.7. The molecule has 0 aromatic heterocycles. The van der Waals surface area contributed by atoms with Gasteiger partial charge in [0.05, 0.1) is 5.41 Å². The fourth-order valence-corrected chi connectivity index (χ4v) is 4.79. The molecule has 3 aromatic rings. The second-order valence-electron chi connectivity index (χ2n) is 8.95. The summed E-state index contributed by atoms with van der Waals surface area (Å²) in [6.07, 6.45) is 5.64. The number of amides is 1. The van der Waals surface area contributed by atoms with Crippen LogP contribution in [0.3, 0.4) is 0 Å². The van der Waals surface area contributed by atoms with Crippen molar-refractivity contribution in [3.8, 4) is 11.1 Å². The molecular weight excluding hydrogens is 426 g/mol. The van der Waals surface area contributed by atoms with E-state index < -0.39 is 17.5 Å². The molecule has 3 aromatic carbocycles. The van der Waals surface area contributed by atoms with Gasteiger partial charge in [-0.3, -0.25) is 4.79 Å². The second kappa shape index (κ2) is 9.18. The zero-order valence-electron chi connectivity index (χ0n) is 18.9.